The summed E-state index contributed by atoms with van der Waals surface area (Å²) in [6.07, 6.45) is 6.08. The fraction of sp³-hybridized carbons (Fsp3) is 0.632. The minimum atomic E-state index is -4.26. The molecule has 0 saturated carbocycles. The van der Waals surface area contributed by atoms with Gasteiger partial charge in [-0.05, 0) is 39.4 Å². The molecule has 1 aromatic rings. The second-order valence-corrected chi connectivity index (χ2v) is 8.35. The van der Waals surface area contributed by atoms with Crippen LogP contribution in [0.5, 0.6) is 0 Å². The zero-order valence-electron chi connectivity index (χ0n) is 17.1. The van der Waals surface area contributed by atoms with Gasteiger partial charge in [0.05, 0.1) is 11.5 Å². The molecule has 1 aromatic carbocycles. The second kappa shape index (κ2) is 13.2. The lowest BCUT2D eigenvalue weighted by Gasteiger charge is -2.17. The minimum absolute atomic E-state index is 0.119. The molecule has 0 spiro atoms. The molecule has 0 aliphatic rings. The van der Waals surface area contributed by atoms with Gasteiger partial charge in [0, 0.05) is 6.07 Å². The van der Waals surface area contributed by atoms with E-state index < -0.39 is 37.5 Å². The molecule has 0 fully saturated rings. The number of ether oxygens (including phenoxy) is 1. The van der Waals surface area contributed by atoms with Crippen LogP contribution in [0.2, 0.25) is 0 Å². The molecule has 29 heavy (non-hydrogen) atoms. The van der Waals surface area contributed by atoms with E-state index in [1.807, 2.05) is 7.05 Å². The number of esters is 1. The number of nitro benzene ring substituents is 1. The predicted molar refractivity (Wildman–Crippen MR) is 110 cm³/mol. The van der Waals surface area contributed by atoms with Crippen LogP contribution in [0.3, 0.4) is 0 Å². The lowest BCUT2D eigenvalue weighted by molar-refractivity contribution is -0.387. The number of carbonyl (C=O) groups excluding carboxylic acids is 1. The predicted octanol–water partition coefficient (Wildman–Crippen LogP) is 2.75. The van der Waals surface area contributed by atoms with Gasteiger partial charge in [-0.15, -0.1) is 0 Å². The summed E-state index contributed by atoms with van der Waals surface area (Å²) in [7, 11) is -2.34. The number of benzene rings is 1. The van der Waals surface area contributed by atoms with E-state index in [4.69, 9.17) is 4.74 Å². The summed E-state index contributed by atoms with van der Waals surface area (Å²) in [5.74, 6) is -0.677. The highest BCUT2D eigenvalue weighted by atomic mass is 32.2. The van der Waals surface area contributed by atoms with E-state index in [1.165, 1.54) is 12.1 Å². The molecule has 0 aromatic heterocycles. The lowest BCUT2D eigenvalue weighted by Crippen LogP contribution is -2.42. The molecule has 0 aliphatic heterocycles. The van der Waals surface area contributed by atoms with Crippen LogP contribution in [0.25, 0.3) is 0 Å². The summed E-state index contributed by atoms with van der Waals surface area (Å²) in [5.41, 5.74) is -0.538. The van der Waals surface area contributed by atoms with Gasteiger partial charge in [-0.25, -0.2) is 8.42 Å². The van der Waals surface area contributed by atoms with Crippen LogP contribution >= 0.6 is 0 Å². The Hall–Kier alpha value is -2.04. The maximum absolute atomic E-state index is 12.7. The Balaban J connectivity index is 2.73. The molecule has 1 atom stereocenters. The summed E-state index contributed by atoms with van der Waals surface area (Å²) in [6, 6.07) is 3.96. The number of hydrogen-bond donors (Lipinski definition) is 2. The van der Waals surface area contributed by atoms with Crippen molar-refractivity contribution in [2.75, 3.05) is 20.2 Å². The first-order valence-corrected chi connectivity index (χ1v) is 11.4. The molecule has 9 nitrogen and oxygen atoms in total. The van der Waals surface area contributed by atoms with Gasteiger partial charge in [-0.1, -0.05) is 44.2 Å². The summed E-state index contributed by atoms with van der Waals surface area (Å²) < 4.78 is 32.6. The van der Waals surface area contributed by atoms with Crippen LogP contribution in [0.15, 0.2) is 29.2 Å². The van der Waals surface area contributed by atoms with Crippen molar-refractivity contribution in [3.05, 3.63) is 34.4 Å². The van der Waals surface area contributed by atoms with E-state index in [1.54, 1.807) is 6.92 Å². The third kappa shape index (κ3) is 8.88. The quantitative estimate of drug-likeness (QED) is 0.190. The number of sulfonamides is 1. The zero-order valence-corrected chi connectivity index (χ0v) is 17.9. The summed E-state index contributed by atoms with van der Waals surface area (Å²) in [5, 5.41) is 14.2. The number of nitrogens with zero attached hydrogens (tertiary/aromatic N) is 1. The normalized spacial score (nSPS) is 12.5. The Morgan fingerprint density at radius 2 is 1.76 bits per heavy atom. The van der Waals surface area contributed by atoms with Gasteiger partial charge >= 0.3 is 5.97 Å². The zero-order chi connectivity index (χ0) is 21.7. The van der Waals surface area contributed by atoms with Crippen LogP contribution in [-0.2, 0) is 19.6 Å². The summed E-state index contributed by atoms with van der Waals surface area (Å²) in [4.78, 5) is 22.1. The third-order valence-corrected chi connectivity index (χ3v) is 5.91. The van der Waals surface area contributed by atoms with Crippen molar-refractivity contribution in [3.8, 4) is 0 Å². The maximum Gasteiger partial charge on any atom is 0.324 e. The summed E-state index contributed by atoms with van der Waals surface area (Å²) in [6.45, 7) is 2.74. The standard InChI is InChI=1S/C19H31N3O6S/c1-3-28-19(23)16(12-8-6-4-5-7-11-15-20-2)21-29(26,27)18-14-10-9-13-17(18)22(24)25/h9-10,13-14,16,20-21H,3-8,11-12,15H2,1-2H3/t16-/m0/s1. The lowest BCUT2D eigenvalue weighted by atomic mass is 10.1. The molecule has 0 aliphatic carbocycles. The number of carbonyl (C=O) groups is 1. The van der Waals surface area contributed by atoms with Gasteiger partial charge in [-0.2, -0.15) is 4.72 Å². The van der Waals surface area contributed by atoms with E-state index in [9.17, 15) is 23.3 Å². The van der Waals surface area contributed by atoms with Gasteiger partial charge in [-0.3, -0.25) is 14.9 Å². The van der Waals surface area contributed by atoms with Crippen LogP contribution in [0.1, 0.15) is 51.9 Å². The Bertz CT molecular complexity index is 754. The Labute approximate surface area is 172 Å². The van der Waals surface area contributed by atoms with E-state index in [-0.39, 0.29) is 13.0 Å². The number of hydrogen-bond acceptors (Lipinski definition) is 7. The van der Waals surface area contributed by atoms with Crippen molar-refractivity contribution >= 4 is 21.7 Å². The first kappa shape index (κ1) is 25.0. The highest BCUT2D eigenvalue weighted by molar-refractivity contribution is 7.89. The molecule has 0 unspecified atom stereocenters. The monoisotopic (exact) mass is 429 g/mol. The molecule has 0 amide bonds. The van der Waals surface area contributed by atoms with Crippen molar-refractivity contribution in [3.63, 3.8) is 0 Å². The van der Waals surface area contributed by atoms with Gasteiger partial charge in [0.1, 0.15) is 6.04 Å². The van der Waals surface area contributed by atoms with Gasteiger partial charge in [0.25, 0.3) is 5.69 Å². The first-order valence-electron chi connectivity index (χ1n) is 9.90. The van der Waals surface area contributed by atoms with Crippen molar-refractivity contribution in [2.45, 2.75) is 62.8 Å². The average Bonchev–Trinajstić information content (AvgIpc) is 2.69. The van der Waals surface area contributed by atoms with E-state index in [0.29, 0.717) is 6.42 Å². The maximum atomic E-state index is 12.7. The molecule has 1 rings (SSSR count). The molecule has 164 valence electrons. The Morgan fingerprint density at radius 1 is 1.14 bits per heavy atom. The van der Waals surface area contributed by atoms with Crippen molar-refractivity contribution < 1.29 is 22.9 Å². The Kier molecular flexibility index (Phi) is 11.4. The fourth-order valence-electron chi connectivity index (χ4n) is 2.91. The van der Waals surface area contributed by atoms with Gasteiger partial charge in [0.15, 0.2) is 4.90 Å². The smallest absolute Gasteiger partial charge is 0.324 e. The third-order valence-electron chi connectivity index (χ3n) is 4.39. The molecule has 0 saturated heterocycles. The highest BCUT2D eigenvalue weighted by Gasteiger charge is 2.31. The number of rotatable bonds is 15. The second-order valence-electron chi connectivity index (χ2n) is 6.66. The highest BCUT2D eigenvalue weighted by Crippen LogP contribution is 2.23. The van der Waals surface area contributed by atoms with Crippen molar-refractivity contribution in [1.29, 1.82) is 0 Å². The number of para-hydroxylation sites is 1. The number of nitrogens with one attached hydrogen (secondary N) is 2. The summed E-state index contributed by atoms with van der Waals surface area (Å²) >= 11 is 0. The van der Waals surface area contributed by atoms with Gasteiger partial charge < -0.3 is 10.1 Å². The molecular weight excluding hydrogens is 398 g/mol. The first-order chi connectivity index (χ1) is 13.8. The van der Waals surface area contributed by atoms with E-state index in [2.05, 4.69) is 10.0 Å². The molecular formula is C19H31N3O6S. The molecule has 0 radical (unpaired) electrons. The van der Waals surface area contributed by atoms with Crippen molar-refractivity contribution in [2.24, 2.45) is 0 Å². The Morgan fingerprint density at radius 3 is 2.38 bits per heavy atom. The van der Waals surface area contributed by atoms with Crippen LogP contribution in [0.4, 0.5) is 5.69 Å². The SMILES string of the molecule is CCOC(=O)[C@H](CCCCCCCCNC)NS(=O)(=O)c1ccccc1[N+](=O)[O-]. The average molecular weight is 430 g/mol. The van der Waals surface area contributed by atoms with Crippen LogP contribution in [-0.4, -0.2) is 45.6 Å². The van der Waals surface area contributed by atoms with E-state index >= 15 is 0 Å². The van der Waals surface area contributed by atoms with E-state index in [0.717, 1.165) is 50.8 Å². The fourth-order valence-corrected chi connectivity index (χ4v) is 4.30. The van der Waals surface area contributed by atoms with Crippen molar-refractivity contribution in [1.82, 2.24) is 10.0 Å². The molecule has 0 heterocycles. The number of nitro groups is 1. The van der Waals surface area contributed by atoms with Gasteiger partial charge in [0.2, 0.25) is 10.0 Å². The minimum Gasteiger partial charge on any atom is -0.465 e. The molecule has 0 bridgehead atoms. The van der Waals surface area contributed by atoms with Crippen LogP contribution in [0, 0.1) is 10.1 Å². The molecule has 2 N–H and O–H groups in total. The number of unbranched alkanes of at least 4 members (excludes halogenated alkanes) is 5. The van der Waals surface area contributed by atoms with Crippen LogP contribution < -0.4 is 10.0 Å². The molecule has 10 heteroatoms. The largest absolute Gasteiger partial charge is 0.465 e. The topological polar surface area (TPSA) is 128 Å².